The van der Waals surface area contributed by atoms with Crippen molar-refractivity contribution in [2.24, 2.45) is 23.5 Å². The Morgan fingerprint density at radius 3 is 2.53 bits per heavy atom. The molecule has 2 fully saturated rings. The highest BCUT2D eigenvalue weighted by Gasteiger charge is 2.28. The standard InChI is InChI=1S/C24H35ClN4O/c1-18-2-8-22(16-23(18)25)29-14-12-28(13-15-29)11-10-19-3-5-20(6-4-19)21(17-26)7-9-24(27)30/h2,8,16,19-21H,3-7,9-15H2,1H3,(H2,27,30). The van der Waals surface area contributed by atoms with Crippen LogP contribution in [0.4, 0.5) is 5.69 Å². The van der Waals surface area contributed by atoms with E-state index in [1.54, 1.807) is 0 Å². The molecule has 6 heteroatoms. The van der Waals surface area contributed by atoms with Gasteiger partial charge in [-0.2, -0.15) is 5.26 Å². The van der Waals surface area contributed by atoms with Crippen molar-refractivity contribution in [1.82, 2.24) is 4.90 Å². The molecular weight excluding hydrogens is 396 g/mol. The third-order valence-corrected chi connectivity index (χ3v) is 7.48. The molecule has 2 N–H and O–H groups in total. The Morgan fingerprint density at radius 2 is 1.93 bits per heavy atom. The van der Waals surface area contributed by atoms with Crippen LogP contribution in [0.2, 0.25) is 5.02 Å². The van der Waals surface area contributed by atoms with Crippen molar-refractivity contribution >= 4 is 23.2 Å². The summed E-state index contributed by atoms with van der Waals surface area (Å²) in [6.45, 7) is 7.51. The smallest absolute Gasteiger partial charge is 0.217 e. The first-order valence-electron chi connectivity index (χ1n) is 11.4. The maximum absolute atomic E-state index is 11.0. The first-order chi connectivity index (χ1) is 14.5. The van der Waals surface area contributed by atoms with Crippen LogP contribution in [0.15, 0.2) is 18.2 Å². The van der Waals surface area contributed by atoms with Crippen LogP contribution in [-0.4, -0.2) is 43.5 Å². The molecule has 1 amide bonds. The van der Waals surface area contributed by atoms with Crippen molar-refractivity contribution in [3.8, 4) is 6.07 Å². The Labute approximate surface area is 186 Å². The molecule has 1 saturated heterocycles. The zero-order chi connectivity index (χ0) is 21.5. The molecule has 1 aromatic rings. The number of aryl methyl sites for hydroxylation is 1. The number of hydrogen-bond donors (Lipinski definition) is 1. The number of rotatable bonds is 8. The van der Waals surface area contributed by atoms with E-state index in [4.69, 9.17) is 17.3 Å². The van der Waals surface area contributed by atoms with Gasteiger partial charge in [-0.25, -0.2) is 0 Å². The summed E-state index contributed by atoms with van der Waals surface area (Å²) in [5.74, 6) is 0.900. The van der Waals surface area contributed by atoms with E-state index in [0.717, 1.165) is 55.5 Å². The maximum atomic E-state index is 11.0. The van der Waals surface area contributed by atoms with Gasteiger partial charge in [0.25, 0.3) is 0 Å². The largest absolute Gasteiger partial charge is 0.370 e. The molecule has 0 aromatic heterocycles. The lowest BCUT2D eigenvalue weighted by Crippen LogP contribution is -2.47. The van der Waals surface area contributed by atoms with Crippen molar-refractivity contribution in [3.63, 3.8) is 0 Å². The second-order valence-electron chi connectivity index (χ2n) is 9.07. The fraction of sp³-hybridized carbons (Fsp3) is 0.667. The molecule has 3 rings (SSSR count). The van der Waals surface area contributed by atoms with Gasteiger partial charge in [0.05, 0.1) is 6.07 Å². The summed E-state index contributed by atoms with van der Waals surface area (Å²) < 4.78 is 0. The molecule has 1 aromatic carbocycles. The maximum Gasteiger partial charge on any atom is 0.217 e. The topological polar surface area (TPSA) is 73.4 Å². The average molecular weight is 431 g/mol. The molecule has 30 heavy (non-hydrogen) atoms. The molecule has 1 aliphatic heterocycles. The van der Waals surface area contributed by atoms with Crippen LogP contribution in [0.25, 0.3) is 0 Å². The Hall–Kier alpha value is -1.77. The van der Waals surface area contributed by atoms with Crippen LogP contribution >= 0.6 is 11.6 Å². The third kappa shape index (κ3) is 6.36. The zero-order valence-electron chi connectivity index (χ0n) is 18.2. The summed E-state index contributed by atoms with van der Waals surface area (Å²) in [7, 11) is 0. The van der Waals surface area contributed by atoms with Gasteiger partial charge in [-0.3, -0.25) is 9.69 Å². The predicted molar refractivity (Wildman–Crippen MR) is 122 cm³/mol. The highest BCUT2D eigenvalue weighted by Crippen LogP contribution is 2.36. The van der Waals surface area contributed by atoms with Gasteiger partial charge >= 0.3 is 0 Å². The van der Waals surface area contributed by atoms with E-state index >= 15 is 0 Å². The predicted octanol–water partition coefficient (Wildman–Crippen LogP) is 4.37. The van der Waals surface area contributed by atoms with Crippen LogP contribution < -0.4 is 10.6 Å². The highest BCUT2D eigenvalue weighted by atomic mass is 35.5. The van der Waals surface area contributed by atoms with Gasteiger partial charge in [-0.1, -0.05) is 30.5 Å². The number of piperazine rings is 1. The Morgan fingerprint density at radius 1 is 1.23 bits per heavy atom. The second-order valence-corrected chi connectivity index (χ2v) is 9.48. The molecule has 2 aliphatic rings. The van der Waals surface area contributed by atoms with Gasteiger partial charge in [0.1, 0.15) is 0 Å². The summed E-state index contributed by atoms with van der Waals surface area (Å²) in [5, 5.41) is 10.3. The fourth-order valence-electron chi connectivity index (χ4n) is 4.96. The van der Waals surface area contributed by atoms with Crippen molar-refractivity contribution in [1.29, 1.82) is 5.26 Å². The van der Waals surface area contributed by atoms with Gasteiger partial charge in [0.2, 0.25) is 5.91 Å². The minimum Gasteiger partial charge on any atom is -0.370 e. The molecule has 1 atom stereocenters. The molecule has 5 nitrogen and oxygen atoms in total. The number of anilines is 1. The van der Waals surface area contributed by atoms with E-state index in [2.05, 4.69) is 34.1 Å². The summed E-state index contributed by atoms with van der Waals surface area (Å²) in [4.78, 5) is 16.0. The van der Waals surface area contributed by atoms with E-state index in [9.17, 15) is 10.1 Å². The van der Waals surface area contributed by atoms with Crippen molar-refractivity contribution in [3.05, 3.63) is 28.8 Å². The molecule has 0 bridgehead atoms. The van der Waals surface area contributed by atoms with Crippen molar-refractivity contribution in [2.75, 3.05) is 37.6 Å². The number of carbonyl (C=O) groups excluding carboxylic acids is 1. The quantitative estimate of drug-likeness (QED) is 0.664. The second kappa shape index (κ2) is 11.0. The molecule has 1 aliphatic carbocycles. The number of benzene rings is 1. The molecule has 1 heterocycles. The molecule has 0 radical (unpaired) electrons. The van der Waals surface area contributed by atoms with Crippen molar-refractivity contribution < 1.29 is 4.79 Å². The van der Waals surface area contributed by atoms with E-state index in [1.165, 1.54) is 31.5 Å². The zero-order valence-corrected chi connectivity index (χ0v) is 18.9. The van der Waals surface area contributed by atoms with E-state index < -0.39 is 0 Å². The number of carbonyl (C=O) groups is 1. The summed E-state index contributed by atoms with van der Waals surface area (Å²) in [6.07, 6.45) is 6.86. The van der Waals surface area contributed by atoms with Gasteiger partial charge < -0.3 is 10.6 Å². The molecule has 0 spiro atoms. The highest BCUT2D eigenvalue weighted by molar-refractivity contribution is 6.31. The lowest BCUT2D eigenvalue weighted by molar-refractivity contribution is -0.118. The van der Waals surface area contributed by atoms with Crippen LogP contribution in [0.1, 0.15) is 50.5 Å². The van der Waals surface area contributed by atoms with Gasteiger partial charge in [0, 0.05) is 49.2 Å². The van der Waals surface area contributed by atoms with Crippen LogP contribution in [-0.2, 0) is 4.79 Å². The normalized spacial score (nSPS) is 23.7. The Balaban J connectivity index is 1.36. The molecule has 164 valence electrons. The van der Waals surface area contributed by atoms with Crippen molar-refractivity contribution in [2.45, 2.75) is 51.9 Å². The summed E-state index contributed by atoms with van der Waals surface area (Å²) in [6, 6.07) is 8.78. The lowest BCUT2D eigenvalue weighted by Gasteiger charge is -2.37. The number of nitrogens with two attached hydrogens (primary N) is 1. The number of nitriles is 1. The minimum atomic E-state index is -0.297. The summed E-state index contributed by atoms with van der Waals surface area (Å²) in [5.41, 5.74) is 7.61. The van der Waals surface area contributed by atoms with Crippen LogP contribution in [0.3, 0.4) is 0 Å². The third-order valence-electron chi connectivity index (χ3n) is 7.07. The monoisotopic (exact) mass is 430 g/mol. The van der Waals surface area contributed by atoms with Crippen LogP contribution in [0.5, 0.6) is 0 Å². The molecular formula is C24H35ClN4O. The summed E-state index contributed by atoms with van der Waals surface area (Å²) >= 11 is 6.29. The van der Waals surface area contributed by atoms with Gasteiger partial charge in [-0.15, -0.1) is 0 Å². The molecule has 1 saturated carbocycles. The van der Waals surface area contributed by atoms with Crippen LogP contribution in [0, 0.1) is 36.0 Å². The number of hydrogen-bond acceptors (Lipinski definition) is 4. The average Bonchev–Trinajstić information content (AvgIpc) is 2.75. The first-order valence-corrected chi connectivity index (χ1v) is 11.8. The van der Waals surface area contributed by atoms with E-state index in [-0.39, 0.29) is 11.8 Å². The van der Waals surface area contributed by atoms with Gasteiger partial charge in [-0.05, 0) is 68.7 Å². The number of nitrogens with zero attached hydrogens (tertiary/aromatic N) is 3. The lowest BCUT2D eigenvalue weighted by atomic mass is 9.74. The minimum absolute atomic E-state index is 0.0122. The first kappa shape index (κ1) is 22.9. The molecule has 1 unspecified atom stereocenters. The van der Waals surface area contributed by atoms with E-state index in [1.807, 2.05) is 6.92 Å². The SMILES string of the molecule is Cc1ccc(N2CCN(CCC3CCC(C(C#N)CCC(N)=O)CC3)CC2)cc1Cl. The van der Waals surface area contributed by atoms with Gasteiger partial charge in [0.15, 0.2) is 0 Å². The fourth-order valence-corrected chi connectivity index (χ4v) is 5.13. The Bertz CT molecular complexity index is 746. The number of halogens is 1. The number of primary amides is 1. The van der Waals surface area contributed by atoms with E-state index in [0.29, 0.717) is 18.8 Å². The number of amides is 1. The Kier molecular flexibility index (Phi) is 8.41.